The maximum atomic E-state index is 11.5. The van der Waals surface area contributed by atoms with Crippen LogP contribution in [0.4, 0.5) is 0 Å². The van der Waals surface area contributed by atoms with Crippen molar-refractivity contribution < 1.29 is 13.2 Å². The Kier molecular flexibility index (Phi) is 4.35. The summed E-state index contributed by atoms with van der Waals surface area (Å²) in [6, 6.07) is 3.52. The summed E-state index contributed by atoms with van der Waals surface area (Å²) in [5, 5.41) is 1.53. The fourth-order valence-corrected chi connectivity index (χ4v) is 2.46. The van der Waals surface area contributed by atoms with Crippen LogP contribution in [-0.2, 0) is 21.2 Å². The number of rotatable bonds is 4. The molecule has 0 bridgehead atoms. The Balaban J connectivity index is 2.54. The van der Waals surface area contributed by atoms with Crippen molar-refractivity contribution in [1.82, 2.24) is 5.32 Å². The van der Waals surface area contributed by atoms with E-state index in [4.69, 9.17) is 11.6 Å². The van der Waals surface area contributed by atoms with Crippen LogP contribution < -0.4 is 5.32 Å². The lowest BCUT2D eigenvalue weighted by Gasteiger charge is -2.09. The monoisotopic (exact) mass is 281 g/mol. The highest BCUT2D eigenvalue weighted by Crippen LogP contribution is 2.21. The second-order valence-electron chi connectivity index (χ2n) is 3.40. The normalized spacial score (nSPS) is 13.4. The van der Waals surface area contributed by atoms with Gasteiger partial charge >= 0.3 is 0 Å². The number of amides is 1. The van der Waals surface area contributed by atoms with Crippen LogP contribution in [0.15, 0.2) is 12.1 Å². The predicted molar refractivity (Wildman–Crippen MR) is 65.5 cm³/mol. The van der Waals surface area contributed by atoms with Crippen molar-refractivity contribution in [2.24, 2.45) is 0 Å². The van der Waals surface area contributed by atoms with Crippen molar-refractivity contribution in [3.63, 3.8) is 0 Å². The van der Waals surface area contributed by atoms with Gasteiger partial charge < -0.3 is 5.32 Å². The molecule has 1 heterocycles. The van der Waals surface area contributed by atoms with E-state index in [1.54, 1.807) is 12.1 Å². The van der Waals surface area contributed by atoms with Crippen molar-refractivity contribution in [1.29, 1.82) is 0 Å². The molecule has 1 aromatic heterocycles. The van der Waals surface area contributed by atoms with Gasteiger partial charge in [0.05, 0.1) is 10.9 Å². The Hall–Kier alpha value is -0.590. The van der Waals surface area contributed by atoms with Gasteiger partial charge in [-0.05, 0) is 19.1 Å². The number of nitrogens with one attached hydrogen (secondary N) is 1. The molecule has 7 heteroatoms. The van der Waals surface area contributed by atoms with Gasteiger partial charge in [0.2, 0.25) is 5.91 Å². The summed E-state index contributed by atoms with van der Waals surface area (Å²) in [5.41, 5.74) is 0. The fraction of sp³-hybridized carbons (Fsp3) is 0.444. The van der Waals surface area contributed by atoms with E-state index in [1.807, 2.05) is 0 Å². The highest BCUT2D eigenvalue weighted by molar-refractivity contribution is 7.92. The van der Waals surface area contributed by atoms with E-state index in [0.29, 0.717) is 10.9 Å². The Morgan fingerprint density at radius 2 is 2.19 bits per heavy atom. The standard InChI is InChI=1S/C9H12ClNO3S2/c1-6(16(2,13)14)9(12)11-5-7-3-4-8(10)15-7/h3-4,6H,5H2,1-2H3,(H,11,12). The molecular formula is C9H12ClNO3S2. The molecule has 1 unspecified atom stereocenters. The highest BCUT2D eigenvalue weighted by Gasteiger charge is 2.22. The fourth-order valence-electron chi connectivity index (χ4n) is 0.959. The van der Waals surface area contributed by atoms with Gasteiger partial charge in [0, 0.05) is 11.1 Å². The summed E-state index contributed by atoms with van der Waals surface area (Å²) < 4.78 is 22.9. The topological polar surface area (TPSA) is 63.2 Å². The maximum Gasteiger partial charge on any atom is 0.238 e. The minimum atomic E-state index is -3.34. The largest absolute Gasteiger partial charge is 0.350 e. The minimum absolute atomic E-state index is 0.302. The SMILES string of the molecule is CC(C(=O)NCc1ccc(Cl)s1)S(C)(=O)=O. The molecule has 0 aromatic carbocycles. The van der Waals surface area contributed by atoms with E-state index in [2.05, 4.69) is 5.32 Å². The number of thiophene rings is 1. The van der Waals surface area contributed by atoms with Crippen LogP contribution in [0.2, 0.25) is 4.34 Å². The summed E-state index contributed by atoms with van der Waals surface area (Å²) >= 11 is 7.07. The van der Waals surface area contributed by atoms with Gasteiger partial charge in [-0.3, -0.25) is 4.79 Å². The zero-order valence-corrected chi connectivity index (χ0v) is 11.2. The van der Waals surface area contributed by atoms with Crippen molar-refractivity contribution in [3.05, 3.63) is 21.3 Å². The number of hydrogen-bond donors (Lipinski definition) is 1. The lowest BCUT2D eigenvalue weighted by atomic mass is 10.4. The van der Waals surface area contributed by atoms with Gasteiger partial charge in [-0.25, -0.2) is 8.42 Å². The molecule has 4 nitrogen and oxygen atoms in total. The molecule has 90 valence electrons. The van der Waals surface area contributed by atoms with Gasteiger partial charge in [0.15, 0.2) is 9.84 Å². The molecule has 0 saturated carbocycles. The van der Waals surface area contributed by atoms with E-state index in [9.17, 15) is 13.2 Å². The average Bonchev–Trinajstić information content (AvgIpc) is 2.58. The lowest BCUT2D eigenvalue weighted by molar-refractivity contribution is -0.120. The van der Waals surface area contributed by atoms with E-state index in [0.717, 1.165) is 11.1 Å². The van der Waals surface area contributed by atoms with Crippen molar-refractivity contribution >= 4 is 38.7 Å². The van der Waals surface area contributed by atoms with Crippen LogP contribution in [0, 0.1) is 0 Å². The summed E-state index contributed by atoms with van der Waals surface area (Å²) in [6.45, 7) is 1.67. The third-order valence-electron chi connectivity index (χ3n) is 2.08. The van der Waals surface area contributed by atoms with E-state index in [1.165, 1.54) is 18.3 Å². The van der Waals surface area contributed by atoms with E-state index < -0.39 is 21.0 Å². The number of sulfone groups is 1. The van der Waals surface area contributed by atoms with Crippen LogP contribution in [0.1, 0.15) is 11.8 Å². The first-order valence-electron chi connectivity index (χ1n) is 4.51. The molecule has 0 aliphatic rings. The van der Waals surface area contributed by atoms with Crippen LogP contribution in [0.3, 0.4) is 0 Å². The molecule has 16 heavy (non-hydrogen) atoms. The summed E-state index contributed by atoms with van der Waals surface area (Å²) in [5.74, 6) is -0.493. The van der Waals surface area contributed by atoms with Crippen LogP contribution in [0.25, 0.3) is 0 Å². The molecule has 0 aliphatic heterocycles. The first-order chi connectivity index (χ1) is 7.30. The van der Waals surface area contributed by atoms with Gasteiger partial charge in [0.1, 0.15) is 5.25 Å². The number of carbonyl (C=O) groups is 1. The molecule has 1 N–H and O–H groups in total. The molecule has 1 atom stereocenters. The number of hydrogen-bond acceptors (Lipinski definition) is 4. The second-order valence-corrected chi connectivity index (χ2v) is 7.56. The molecule has 1 amide bonds. The first kappa shape index (κ1) is 13.5. The van der Waals surface area contributed by atoms with Crippen molar-refractivity contribution in [3.8, 4) is 0 Å². The van der Waals surface area contributed by atoms with E-state index >= 15 is 0 Å². The zero-order chi connectivity index (χ0) is 12.3. The Morgan fingerprint density at radius 3 is 2.62 bits per heavy atom. The third-order valence-corrected chi connectivity index (χ3v) is 4.81. The highest BCUT2D eigenvalue weighted by atomic mass is 35.5. The zero-order valence-electron chi connectivity index (χ0n) is 8.86. The summed E-state index contributed by atoms with van der Waals surface area (Å²) in [6.07, 6.45) is 1.04. The summed E-state index contributed by atoms with van der Waals surface area (Å²) in [7, 11) is -3.34. The van der Waals surface area contributed by atoms with Crippen LogP contribution >= 0.6 is 22.9 Å². The van der Waals surface area contributed by atoms with Crippen molar-refractivity contribution in [2.45, 2.75) is 18.7 Å². The van der Waals surface area contributed by atoms with Gasteiger partial charge in [0.25, 0.3) is 0 Å². The summed E-state index contributed by atoms with van der Waals surface area (Å²) in [4.78, 5) is 12.3. The molecular weight excluding hydrogens is 270 g/mol. The average molecular weight is 282 g/mol. The number of halogens is 1. The Morgan fingerprint density at radius 1 is 1.56 bits per heavy atom. The second kappa shape index (κ2) is 5.16. The van der Waals surface area contributed by atoms with Gasteiger partial charge in [-0.2, -0.15) is 0 Å². The molecule has 1 aromatic rings. The lowest BCUT2D eigenvalue weighted by Crippen LogP contribution is -2.36. The number of carbonyl (C=O) groups excluding carboxylic acids is 1. The Labute approximate surface area is 104 Å². The molecule has 0 saturated heterocycles. The van der Waals surface area contributed by atoms with Gasteiger partial charge in [-0.1, -0.05) is 11.6 Å². The smallest absolute Gasteiger partial charge is 0.238 e. The molecule has 0 aliphatic carbocycles. The molecule has 1 rings (SSSR count). The van der Waals surface area contributed by atoms with Crippen LogP contribution in [-0.4, -0.2) is 25.8 Å². The first-order valence-corrected chi connectivity index (χ1v) is 7.66. The van der Waals surface area contributed by atoms with Crippen molar-refractivity contribution in [2.75, 3.05) is 6.26 Å². The van der Waals surface area contributed by atoms with Gasteiger partial charge in [-0.15, -0.1) is 11.3 Å². The van der Waals surface area contributed by atoms with Crippen LogP contribution in [0.5, 0.6) is 0 Å². The predicted octanol–water partition coefficient (Wildman–Crippen LogP) is 1.45. The maximum absolute atomic E-state index is 11.5. The van der Waals surface area contributed by atoms with E-state index in [-0.39, 0.29) is 0 Å². The molecule has 0 spiro atoms. The molecule has 0 radical (unpaired) electrons. The minimum Gasteiger partial charge on any atom is -0.350 e. The third kappa shape index (κ3) is 3.77. The molecule has 0 fully saturated rings. The Bertz CT molecular complexity index is 481. The quantitative estimate of drug-likeness (QED) is 0.909.